The molecule has 1 aromatic heterocycles. The summed E-state index contributed by atoms with van der Waals surface area (Å²) in [5.74, 6) is 0.325. The number of aromatic nitrogens is 1. The van der Waals surface area contributed by atoms with Crippen molar-refractivity contribution < 1.29 is 5.11 Å². The van der Waals surface area contributed by atoms with Crippen molar-refractivity contribution >= 4 is 17.0 Å². The summed E-state index contributed by atoms with van der Waals surface area (Å²) in [6.07, 6.45) is 0. The van der Waals surface area contributed by atoms with E-state index in [1.807, 2.05) is 31.5 Å². The van der Waals surface area contributed by atoms with E-state index in [9.17, 15) is 5.11 Å². The van der Waals surface area contributed by atoms with Gasteiger partial charge in [0.15, 0.2) is 0 Å². The number of phenols is 1. The highest BCUT2D eigenvalue weighted by atomic mass is 32.1. The molecule has 16 heavy (non-hydrogen) atoms. The van der Waals surface area contributed by atoms with Gasteiger partial charge in [-0.3, -0.25) is 0 Å². The van der Waals surface area contributed by atoms with Crippen molar-refractivity contribution in [2.75, 3.05) is 5.32 Å². The fraction of sp³-hybridized carbons (Fsp3) is 0.250. The number of phenolic OH excluding ortho intramolecular Hbond substituents is 1. The Labute approximate surface area is 98.8 Å². The summed E-state index contributed by atoms with van der Waals surface area (Å²) in [4.78, 5) is 5.41. The van der Waals surface area contributed by atoms with Crippen molar-refractivity contribution in [1.29, 1.82) is 0 Å². The Kier molecular flexibility index (Phi) is 3.10. The molecule has 2 rings (SSSR count). The smallest absolute Gasteiger partial charge is 0.120 e. The minimum atomic E-state index is 0.325. The molecule has 0 saturated heterocycles. The van der Waals surface area contributed by atoms with E-state index >= 15 is 0 Å². The molecule has 0 aliphatic heterocycles. The third kappa shape index (κ3) is 2.33. The summed E-state index contributed by atoms with van der Waals surface area (Å²) in [6, 6.07) is 5.61. The standard InChI is InChI=1S/C12H14N2OS/c1-8-3-4-10(5-11(8)15)13-6-12-9(2)14-7-16-12/h3-5,7,13,15H,6H2,1-2H3. The van der Waals surface area contributed by atoms with Crippen LogP contribution in [0.2, 0.25) is 0 Å². The SMILES string of the molecule is Cc1ccc(NCc2scnc2C)cc1O. The summed E-state index contributed by atoms with van der Waals surface area (Å²) >= 11 is 1.64. The van der Waals surface area contributed by atoms with Crippen LogP contribution in [0.15, 0.2) is 23.7 Å². The molecule has 0 spiro atoms. The Bertz CT molecular complexity index is 494. The molecule has 0 fully saturated rings. The highest BCUT2D eigenvalue weighted by Gasteiger charge is 2.02. The molecule has 0 radical (unpaired) electrons. The van der Waals surface area contributed by atoms with E-state index in [2.05, 4.69) is 10.3 Å². The molecule has 0 aliphatic rings. The molecule has 0 aliphatic carbocycles. The molecule has 1 aromatic carbocycles. The quantitative estimate of drug-likeness (QED) is 0.857. The zero-order chi connectivity index (χ0) is 11.5. The van der Waals surface area contributed by atoms with Crippen LogP contribution in [0, 0.1) is 13.8 Å². The van der Waals surface area contributed by atoms with Gasteiger partial charge in [0.25, 0.3) is 0 Å². The fourth-order valence-electron chi connectivity index (χ4n) is 1.40. The Hall–Kier alpha value is -1.55. The third-order valence-corrected chi connectivity index (χ3v) is 3.44. The normalized spacial score (nSPS) is 10.4. The molecule has 3 nitrogen and oxygen atoms in total. The second-order valence-corrected chi connectivity index (χ2v) is 4.66. The zero-order valence-electron chi connectivity index (χ0n) is 9.32. The van der Waals surface area contributed by atoms with Crippen LogP contribution >= 0.6 is 11.3 Å². The van der Waals surface area contributed by atoms with Crippen LogP contribution in [0.3, 0.4) is 0 Å². The van der Waals surface area contributed by atoms with Gasteiger partial charge in [-0.25, -0.2) is 4.98 Å². The van der Waals surface area contributed by atoms with Gasteiger partial charge in [-0.2, -0.15) is 0 Å². The number of thiazole rings is 1. The molecular formula is C12H14N2OS. The Balaban J connectivity index is 2.05. The second-order valence-electron chi connectivity index (χ2n) is 3.72. The van der Waals surface area contributed by atoms with E-state index in [-0.39, 0.29) is 0 Å². The number of hydrogen-bond donors (Lipinski definition) is 2. The van der Waals surface area contributed by atoms with Gasteiger partial charge >= 0.3 is 0 Å². The number of nitrogens with zero attached hydrogens (tertiary/aromatic N) is 1. The highest BCUT2D eigenvalue weighted by molar-refractivity contribution is 7.09. The van der Waals surface area contributed by atoms with Gasteiger partial charge in [0.05, 0.1) is 17.7 Å². The van der Waals surface area contributed by atoms with Crippen molar-refractivity contribution in [2.24, 2.45) is 0 Å². The number of rotatable bonds is 3. The number of anilines is 1. The van der Waals surface area contributed by atoms with Crippen LogP contribution < -0.4 is 5.32 Å². The molecule has 1 heterocycles. The lowest BCUT2D eigenvalue weighted by molar-refractivity contribution is 0.471. The monoisotopic (exact) mass is 234 g/mol. The third-order valence-electron chi connectivity index (χ3n) is 2.51. The van der Waals surface area contributed by atoms with Crippen LogP contribution in [0.4, 0.5) is 5.69 Å². The van der Waals surface area contributed by atoms with E-state index in [1.54, 1.807) is 17.4 Å². The van der Waals surface area contributed by atoms with Crippen molar-refractivity contribution in [1.82, 2.24) is 4.98 Å². The summed E-state index contributed by atoms with van der Waals surface area (Å²) in [6.45, 7) is 4.63. The van der Waals surface area contributed by atoms with Crippen molar-refractivity contribution in [3.63, 3.8) is 0 Å². The Morgan fingerprint density at radius 1 is 1.38 bits per heavy atom. The molecule has 0 unspecified atom stereocenters. The summed E-state index contributed by atoms with van der Waals surface area (Å²) in [5.41, 5.74) is 4.73. The van der Waals surface area contributed by atoms with Gasteiger partial charge in [-0.05, 0) is 25.5 Å². The van der Waals surface area contributed by atoms with E-state index in [0.717, 1.165) is 23.5 Å². The molecular weight excluding hydrogens is 220 g/mol. The largest absolute Gasteiger partial charge is 0.508 e. The average Bonchev–Trinajstić information content (AvgIpc) is 2.66. The molecule has 0 amide bonds. The maximum atomic E-state index is 9.56. The summed E-state index contributed by atoms with van der Waals surface area (Å²) in [5, 5.41) is 12.8. The first kappa shape index (κ1) is 11.0. The maximum Gasteiger partial charge on any atom is 0.120 e. The van der Waals surface area contributed by atoms with Gasteiger partial charge < -0.3 is 10.4 Å². The topological polar surface area (TPSA) is 45.2 Å². The first-order chi connectivity index (χ1) is 7.66. The maximum absolute atomic E-state index is 9.56. The molecule has 2 aromatic rings. The van der Waals surface area contributed by atoms with Crippen molar-refractivity contribution in [3.05, 3.63) is 39.8 Å². The number of aryl methyl sites for hydroxylation is 2. The average molecular weight is 234 g/mol. The van der Waals surface area contributed by atoms with Crippen LogP contribution in [0.5, 0.6) is 5.75 Å². The zero-order valence-corrected chi connectivity index (χ0v) is 10.1. The number of benzene rings is 1. The predicted molar refractivity (Wildman–Crippen MR) is 67.0 cm³/mol. The number of nitrogens with one attached hydrogen (secondary N) is 1. The van der Waals surface area contributed by atoms with E-state index in [4.69, 9.17) is 0 Å². The minimum Gasteiger partial charge on any atom is -0.508 e. The summed E-state index contributed by atoms with van der Waals surface area (Å²) in [7, 11) is 0. The molecule has 0 saturated carbocycles. The van der Waals surface area contributed by atoms with Crippen molar-refractivity contribution in [3.8, 4) is 5.75 Å². The van der Waals surface area contributed by atoms with Crippen LogP contribution in [-0.2, 0) is 6.54 Å². The molecule has 84 valence electrons. The van der Waals surface area contributed by atoms with Gasteiger partial charge in [0.1, 0.15) is 5.75 Å². The highest BCUT2D eigenvalue weighted by Crippen LogP contribution is 2.22. The van der Waals surface area contributed by atoms with Crippen LogP contribution in [0.25, 0.3) is 0 Å². The lowest BCUT2D eigenvalue weighted by Crippen LogP contribution is -1.98. The second kappa shape index (κ2) is 4.53. The van der Waals surface area contributed by atoms with E-state index < -0.39 is 0 Å². The van der Waals surface area contributed by atoms with Gasteiger partial charge in [-0.1, -0.05) is 6.07 Å². The lowest BCUT2D eigenvalue weighted by Gasteiger charge is -2.07. The Morgan fingerprint density at radius 3 is 2.81 bits per heavy atom. The molecule has 4 heteroatoms. The predicted octanol–water partition coefficient (Wildman–Crippen LogP) is 3.08. The van der Waals surface area contributed by atoms with Crippen LogP contribution in [-0.4, -0.2) is 10.1 Å². The molecule has 0 atom stereocenters. The molecule has 2 N–H and O–H groups in total. The van der Waals surface area contributed by atoms with Crippen molar-refractivity contribution in [2.45, 2.75) is 20.4 Å². The van der Waals surface area contributed by atoms with Crippen LogP contribution in [0.1, 0.15) is 16.1 Å². The van der Waals surface area contributed by atoms with Gasteiger partial charge in [0.2, 0.25) is 0 Å². The summed E-state index contributed by atoms with van der Waals surface area (Å²) < 4.78 is 0. The Morgan fingerprint density at radius 2 is 2.19 bits per heavy atom. The van der Waals surface area contributed by atoms with Gasteiger partial charge in [-0.15, -0.1) is 11.3 Å². The van der Waals surface area contributed by atoms with Gasteiger partial charge in [0, 0.05) is 16.6 Å². The number of aromatic hydroxyl groups is 1. The lowest BCUT2D eigenvalue weighted by atomic mass is 10.2. The van der Waals surface area contributed by atoms with E-state index in [0.29, 0.717) is 5.75 Å². The first-order valence-corrected chi connectivity index (χ1v) is 5.97. The minimum absolute atomic E-state index is 0.325. The number of hydrogen-bond acceptors (Lipinski definition) is 4. The van der Waals surface area contributed by atoms with E-state index in [1.165, 1.54) is 4.88 Å². The first-order valence-electron chi connectivity index (χ1n) is 5.09. The fourth-order valence-corrected chi connectivity index (χ4v) is 2.11. The molecule has 0 bridgehead atoms.